The zero-order valence-electron chi connectivity index (χ0n) is 15.2. The van der Waals surface area contributed by atoms with E-state index < -0.39 is 17.7 Å². The molecule has 1 aliphatic rings. The zero-order valence-corrected chi connectivity index (χ0v) is 15.2. The molecule has 6 nitrogen and oxygen atoms in total. The molecular weight excluding hydrogens is 375 g/mol. The minimum Gasteiger partial charge on any atom is -0.465 e. The summed E-state index contributed by atoms with van der Waals surface area (Å²) in [5.41, 5.74) is -0.551. The number of ether oxygens (including phenoxy) is 1. The summed E-state index contributed by atoms with van der Waals surface area (Å²) in [5, 5.41) is 2.89. The van der Waals surface area contributed by atoms with Crippen LogP contribution < -0.4 is 10.2 Å². The number of carbonyl (C=O) groups excluding carboxylic acids is 2. The van der Waals surface area contributed by atoms with Crippen LogP contribution in [0.1, 0.15) is 39.3 Å². The van der Waals surface area contributed by atoms with E-state index in [1.54, 1.807) is 23.2 Å². The Kier molecular flexibility index (Phi) is 5.62. The molecule has 0 unspecified atom stereocenters. The molecule has 1 saturated heterocycles. The highest BCUT2D eigenvalue weighted by Gasteiger charge is 2.36. The van der Waals surface area contributed by atoms with Gasteiger partial charge in [-0.15, -0.1) is 0 Å². The molecule has 0 saturated carbocycles. The van der Waals surface area contributed by atoms with Gasteiger partial charge >= 0.3 is 12.1 Å². The predicted molar refractivity (Wildman–Crippen MR) is 96.3 cm³/mol. The maximum absolute atomic E-state index is 13.5. The Morgan fingerprint density at radius 3 is 2.50 bits per heavy atom. The van der Waals surface area contributed by atoms with E-state index >= 15 is 0 Å². The number of H-pyrrole nitrogens is 1. The molecule has 0 bridgehead atoms. The number of alkyl halides is 3. The number of piperidine rings is 1. The molecule has 0 aliphatic carbocycles. The third kappa shape index (κ3) is 4.29. The monoisotopic (exact) mass is 395 g/mol. The Morgan fingerprint density at radius 2 is 1.93 bits per heavy atom. The van der Waals surface area contributed by atoms with Gasteiger partial charge in [-0.1, -0.05) is 0 Å². The number of halogens is 3. The van der Waals surface area contributed by atoms with E-state index in [1.807, 2.05) is 0 Å². The van der Waals surface area contributed by atoms with Gasteiger partial charge < -0.3 is 19.9 Å². The van der Waals surface area contributed by atoms with Crippen molar-refractivity contribution in [2.24, 2.45) is 0 Å². The van der Waals surface area contributed by atoms with Crippen LogP contribution in [0.2, 0.25) is 0 Å². The third-order valence-corrected chi connectivity index (χ3v) is 4.74. The fourth-order valence-corrected chi connectivity index (χ4v) is 3.28. The molecule has 0 spiro atoms. The van der Waals surface area contributed by atoms with Gasteiger partial charge in [0.15, 0.2) is 0 Å². The first kappa shape index (κ1) is 19.8. The van der Waals surface area contributed by atoms with Crippen molar-refractivity contribution in [3.8, 4) is 0 Å². The van der Waals surface area contributed by atoms with Crippen molar-refractivity contribution in [2.75, 3.05) is 25.1 Å². The number of rotatable bonds is 4. The summed E-state index contributed by atoms with van der Waals surface area (Å²) in [4.78, 5) is 28.1. The molecule has 0 atom stereocenters. The van der Waals surface area contributed by atoms with Crippen molar-refractivity contribution < 1.29 is 27.5 Å². The van der Waals surface area contributed by atoms with Gasteiger partial charge in [0.05, 0.1) is 18.2 Å². The molecule has 0 radical (unpaired) electrons. The highest BCUT2D eigenvalue weighted by atomic mass is 19.4. The van der Waals surface area contributed by atoms with Gasteiger partial charge in [0, 0.05) is 31.0 Å². The van der Waals surface area contributed by atoms with Crippen LogP contribution in [-0.2, 0) is 10.9 Å². The number of nitrogens with zero attached hydrogens (tertiary/aromatic N) is 1. The van der Waals surface area contributed by atoms with Crippen molar-refractivity contribution in [1.29, 1.82) is 0 Å². The molecule has 9 heteroatoms. The van der Waals surface area contributed by atoms with Crippen LogP contribution in [0.25, 0.3) is 0 Å². The van der Waals surface area contributed by atoms with Gasteiger partial charge in [0.2, 0.25) is 0 Å². The van der Waals surface area contributed by atoms with E-state index in [4.69, 9.17) is 0 Å². The van der Waals surface area contributed by atoms with Crippen LogP contribution >= 0.6 is 0 Å². The first-order valence-corrected chi connectivity index (χ1v) is 8.78. The number of anilines is 1. The molecule has 150 valence electrons. The number of esters is 1. The number of carbonyl (C=O) groups is 2. The zero-order chi connectivity index (χ0) is 20.3. The highest BCUT2D eigenvalue weighted by molar-refractivity contribution is 5.92. The Hall–Kier alpha value is -2.97. The normalized spacial score (nSPS) is 15.4. The highest BCUT2D eigenvalue weighted by Crippen LogP contribution is 2.38. The number of amides is 1. The number of nitrogens with one attached hydrogen (secondary N) is 2. The summed E-state index contributed by atoms with van der Waals surface area (Å²) < 4.78 is 45.1. The van der Waals surface area contributed by atoms with E-state index in [2.05, 4.69) is 15.0 Å². The Bertz CT molecular complexity index is 842. The SMILES string of the molecule is COC(=O)c1ccc(N2CCC(NC(=O)c3ccc[nH]3)CC2)c(C(F)(F)F)c1. The number of aromatic amines is 1. The van der Waals surface area contributed by atoms with Crippen LogP contribution in [0.5, 0.6) is 0 Å². The van der Waals surface area contributed by atoms with Crippen molar-refractivity contribution in [2.45, 2.75) is 25.1 Å². The quantitative estimate of drug-likeness (QED) is 0.780. The molecule has 2 heterocycles. The second-order valence-electron chi connectivity index (χ2n) is 6.54. The summed E-state index contributed by atoms with van der Waals surface area (Å²) in [6.45, 7) is 0.715. The van der Waals surface area contributed by atoms with Gasteiger partial charge in [-0.25, -0.2) is 4.79 Å². The molecule has 1 aliphatic heterocycles. The fourth-order valence-electron chi connectivity index (χ4n) is 3.28. The second-order valence-corrected chi connectivity index (χ2v) is 6.54. The first-order valence-electron chi connectivity index (χ1n) is 8.78. The smallest absolute Gasteiger partial charge is 0.418 e. The fraction of sp³-hybridized carbons (Fsp3) is 0.368. The maximum Gasteiger partial charge on any atom is 0.418 e. The number of methoxy groups -OCH3 is 1. The van der Waals surface area contributed by atoms with Gasteiger partial charge in [-0.2, -0.15) is 13.2 Å². The van der Waals surface area contributed by atoms with Gasteiger partial charge in [0.25, 0.3) is 5.91 Å². The average Bonchev–Trinajstić information content (AvgIpc) is 3.22. The van der Waals surface area contributed by atoms with Crippen molar-refractivity contribution >= 4 is 17.6 Å². The van der Waals surface area contributed by atoms with Crippen LogP contribution in [0.3, 0.4) is 0 Å². The first-order chi connectivity index (χ1) is 13.3. The van der Waals surface area contributed by atoms with E-state index in [0.29, 0.717) is 31.6 Å². The molecule has 2 aromatic rings. The van der Waals surface area contributed by atoms with Crippen LogP contribution in [-0.4, -0.2) is 43.1 Å². The molecule has 3 rings (SSSR count). The minimum atomic E-state index is -4.60. The molecule has 1 aromatic heterocycles. The Morgan fingerprint density at radius 1 is 1.21 bits per heavy atom. The van der Waals surface area contributed by atoms with E-state index in [9.17, 15) is 22.8 Å². The summed E-state index contributed by atoms with van der Waals surface area (Å²) in [6.07, 6.45) is -1.92. The summed E-state index contributed by atoms with van der Waals surface area (Å²) in [5.74, 6) is -1.05. The third-order valence-electron chi connectivity index (χ3n) is 4.74. The summed E-state index contributed by atoms with van der Waals surface area (Å²) in [7, 11) is 1.12. The molecule has 28 heavy (non-hydrogen) atoms. The second kappa shape index (κ2) is 7.95. The molecule has 2 N–H and O–H groups in total. The summed E-state index contributed by atoms with van der Waals surface area (Å²) in [6, 6.07) is 6.70. The molecule has 1 fully saturated rings. The molecule has 1 amide bonds. The molecular formula is C19H20F3N3O3. The van der Waals surface area contributed by atoms with Crippen molar-refractivity contribution in [3.63, 3.8) is 0 Å². The Labute approximate surface area is 159 Å². The van der Waals surface area contributed by atoms with Gasteiger partial charge in [-0.3, -0.25) is 4.79 Å². The lowest BCUT2D eigenvalue weighted by atomic mass is 10.0. The largest absolute Gasteiger partial charge is 0.465 e. The van der Waals surface area contributed by atoms with Crippen LogP contribution in [0.4, 0.5) is 18.9 Å². The lowest BCUT2D eigenvalue weighted by Gasteiger charge is -2.35. The Balaban J connectivity index is 1.71. The standard InChI is InChI=1S/C19H20F3N3O3/c1-28-18(27)12-4-5-16(14(11-12)19(20,21)22)25-9-6-13(7-10-25)24-17(26)15-3-2-8-23-15/h2-5,8,11,13,23H,6-7,9-10H2,1H3,(H,24,26). The van der Waals surface area contributed by atoms with E-state index in [1.165, 1.54) is 12.1 Å². The molecule has 1 aromatic carbocycles. The van der Waals surface area contributed by atoms with E-state index in [0.717, 1.165) is 13.2 Å². The predicted octanol–water partition coefficient (Wildman–Crippen LogP) is 3.22. The maximum atomic E-state index is 13.5. The number of hydrogen-bond donors (Lipinski definition) is 2. The summed E-state index contributed by atoms with van der Waals surface area (Å²) >= 11 is 0. The van der Waals surface area contributed by atoms with Crippen LogP contribution in [0, 0.1) is 0 Å². The minimum absolute atomic E-state index is 0.0225. The number of benzene rings is 1. The number of aromatic nitrogens is 1. The topological polar surface area (TPSA) is 74.4 Å². The number of hydrogen-bond acceptors (Lipinski definition) is 4. The lowest BCUT2D eigenvalue weighted by Crippen LogP contribution is -2.45. The average molecular weight is 395 g/mol. The van der Waals surface area contributed by atoms with Gasteiger partial charge in [-0.05, 0) is 43.2 Å². The van der Waals surface area contributed by atoms with Crippen molar-refractivity contribution in [3.05, 3.63) is 53.3 Å². The van der Waals surface area contributed by atoms with Crippen LogP contribution in [0.15, 0.2) is 36.5 Å². The van der Waals surface area contributed by atoms with Crippen molar-refractivity contribution in [1.82, 2.24) is 10.3 Å². The van der Waals surface area contributed by atoms with E-state index in [-0.39, 0.29) is 23.2 Å². The lowest BCUT2D eigenvalue weighted by molar-refractivity contribution is -0.137. The van der Waals surface area contributed by atoms with Gasteiger partial charge in [0.1, 0.15) is 5.69 Å².